The summed E-state index contributed by atoms with van der Waals surface area (Å²) in [5, 5.41) is 9.13. The number of ether oxygens (including phenoxy) is 3. The van der Waals surface area contributed by atoms with Gasteiger partial charge in [0.15, 0.2) is 17.2 Å². The number of hydrogen-bond acceptors (Lipinski definition) is 6. The van der Waals surface area contributed by atoms with E-state index in [9.17, 15) is 8.78 Å². The Balaban J connectivity index is 1.53. The summed E-state index contributed by atoms with van der Waals surface area (Å²) >= 11 is 18.3. The molecule has 1 aromatic heterocycles. The fourth-order valence-corrected chi connectivity index (χ4v) is 3.99. The fourth-order valence-electron chi connectivity index (χ4n) is 3.07. The quantitative estimate of drug-likeness (QED) is 0.236. The summed E-state index contributed by atoms with van der Waals surface area (Å²) in [5.74, 6) is 0.766. The molecule has 0 bridgehead atoms. The predicted molar refractivity (Wildman–Crippen MR) is 124 cm³/mol. The molecule has 176 valence electrons. The summed E-state index contributed by atoms with van der Waals surface area (Å²) in [4.78, 5) is 0. The first kappa shape index (κ1) is 24.1. The molecule has 0 saturated heterocycles. The second kappa shape index (κ2) is 10.5. The Bertz CT molecular complexity index is 1290. The second-order valence-corrected chi connectivity index (χ2v) is 8.09. The van der Waals surface area contributed by atoms with Gasteiger partial charge in [-0.15, -0.1) is 10.2 Å². The molecule has 0 saturated carbocycles. The van der Waals surface area contributed by atoms with E-state index in [1.807, 2.05) is 18.2 Å². The van der Waals surface area contributed by atoms with Crippen molar-refractivity contribution in [3.63, 3.8) is 0 Å². The smallest absolute Gasteiger partial charge is 0.387 e. The predicted octanol–water partition coefficient (Wildman–Crippen LogP) is 7.55. The Morgan fingerprint density at radius 2 is 1.56 bits per heavy atom. The van der Waals surface area contributed by atoms with Crippen LogP contribution in [0.3, 0.4) is 0 Å². The minimum absolute atomic E-state index is 0.102. The SMILES string of the molecule is COc1cc(-c2nnc(-c3cccc(COc4c(Cl)cc(Cl)cc4Cl)c3)o2)ccc1OC(F)F. The molecule has 0 N–H and O–H groups in total. The first-order chi connectivity index (χ1) is 16.3. The molecule has 1 heterocycles. The summed E-state index contributed by atoms with van der Waals surface area (Å²) in [5.41, 5.74) is 1.93. The van der Waals surface area contributed by atoms with Gasteiger partial charge in [-0.1, -0.05) is 46.9 Å². The van der Waals surface area contributed by atoms with E-state index in [2.05, 4.69) is 14.9 Å². The molecule has 0 fully saturated rings. The maximum Gasteiger partial charge on any atom is 0.387 e. The molecule has 0 amide bonds. The summed E-state index contributed by atoms with van der Waals surface area (Å²) < 4.78 is 46.2. The lowest BCUT2D eigenvalue weighted by molar-refractivity contribution is -0.0512. The van der Waals surface area contributed by atoms with Crippen molar-refractivity contribution in [2.45, 2.75) is 13.2 Å². The van der Waals surface area contributed by atoms with Crippen molar-refractivity contribution >= 4 is 34.8 Å². The zero-order valence-electron chi connectivity index (χ0n) is 17.4. The van der Waals surface area contributed by atoms with Crippen molar-refractivity contribution in [1.82, 2.24) is 10.2 Å². The van der Waals surface area contributed by atoms with Crippen LogP contribution in [0.5, 0.6) is 17.2 Å². The highest BCUT2D eigenvalue weighted by Gasteiger charge is 2.16. The number of halogens is 5. The topological polar surface area (TPSA) is 66.6 Å². The Hall–Kier alpha value is -3.07. The Morgan fingerprint density at radius 3 is 2.21 bits per heavy atom. The standard InChI is InChI=1S/C23H15Cl3F2N2O4/c1-31-19-8-14(5-6-18(19)33-23(27)28)22-30-29-21(34-22)13-4-2-3-12(7-13)11-32-20-16(25)9-15(24)10-17(20)26/h2-10,23H,11H2,1H3. The van der Waals surface area contributed by atoms with Crippen LogP contribution in [-0.4, -0.2) is 23.9 Å². The first-order valence-corrected chi connectivity index (χ1v) is 10.8. The number of nitrogens with zero attached hydrogens (tertiary/aromatic N) is 2. The van der Waals surface area contributed by atoms with Gasteiger partial charge in [0.2, 0.25) is 11.8 Å². The highest BCUT2D eigenvalue weighted by Crippen LogP contribution is 2.37. The molecule has 0 radical (unpaired) electrons. The van der Waals surface area contributed by atoms with Crippen LogP contribution in [0.2, 0.25) is 15.1 Å². The monoisotopic (exact) mass is 526 g/mol. The average molecular weight is 528 g/mol. The molecule has 11 heteroatoms. The average Bonchev–Trinajstić information content (AvgIpc) is 3.29. The zero-order valence-corrected chi connectivity index (χ0v) is 19.7. The number of aromatic nitrogens is 2. The third-order valence-electron chi connectivity index (χ3n) is 4.57. The van der Waals surface area contributed by atoms with Gasteiger partial charge in [0, 0.05) is 16.1 Å². The maximum absolute atomic E-state index is 12.5. The number of hydrogen-bond donors (Lipinski definition) is 0. The van der Waals surface area contributed by atoms with E-state index in [-0.39, 0.29) is 29.9 Å². The summed E-state index contributed by atoms with van der Waals surface area (Å²) in [6, 6.07) is 14.7. The van der Waals surface area contributed by atoms with Gasteiger partial charge in [-0.05, 0) is 48.0 Å². The molecule has 0 aliphatic rings. The van der Waals surface area contributed by atoms with E-state index in [0.717, 1.165) is 5.56 Å². The van der Waals surface area contributed by atoms with E-state index >= 15 is 0 Å². The highest BCUT2D eigenvalue weighted by atomic mass is 35.5. The van der Waals surface area contributed by atoms with E-state index in [0.29, 0.717) is 31.9 Å². The lowest BCUT2D eigenvalue weighted by Gasteiger charge is -2.11. The van der Waals surface area contributed by atoms with Crippen LogP contribution in [-0.2, 0) is 6.61 Å². The first-order valence-electron chi connectivity index (χ1n) is 9.67. The molecule has 4 aromatic rings. The van der Waals surface area contributed by atoms with Crippen molar-refractivity contribution in [2.75, 3.05) is 7.11 Å². The molecular formula is C23H15Cl3F2N2O4. The van der Waals surface area contributed by atoms with Crippen LogP contribution in [0.1, 0.15) is 5.56 Å². The van der Waals surface area contributed by atoms with Gasteiger partial charge >= 0.3 is 6.61 Å². The lowest BCUT2D eigenvalue weighted by Crippen LogP contribution is -2.03. The summed E-state index contributed by atoms with van der Waals surface area (Å²) in [6.07, 6.45) is 0. The van der Waals surface area contributed by atoms with Gasteiger partial charge < -0.3 is 18.6 Å². The second-order valence-electron chi connectivity index (χ2n) is 6.84. The van der Waals surface area contributed by atoms with Crippen LogP contribution in [0.15, 0.2) is 59.0 Å². The number of rotatable bonds is 8. The molecule has 4 rings (SSSR count). The van der Waals surface area contributed by atoms with E-state index in [1.54, 1.807) is 18.2 Å². The van der Waals surface area contributed by atoms with Gasteiger partial charge in [0.25, 0.3) is 0 Å². The van der Waals surface area contributed by atoms with Gasteiger partial charge in [0.1, 0.15) is 6.61 Å². The van der Waals surface area contributed by atoms with Gasteiger partial charge in [-0.3, -0.25) is 0 Å². The van der Waals surface area contributed by atoms with Gasteiger partial charge in [-0.2, -0.15) is 8.78 Å². The number of alkyl halides is 2. The molecule has 0 spiro atoms. The van der Waals surface area contributed by atoms with Crippen LogP contribution >= 0.6 is 34.8 Å². The van der Waals surface area contributed by atoms with E-state index < -0.39 is 6.61 Å². The number of benzene rings is 3. The molecule has 0 aliphatic heterocycles. The van der Waals surface area contributed by atoms with Crippen molar-refractivity contribution in [3.05, 3.63) is 75.2 Å². The van der Waals surface area contributed by atoms with E-state index in [4.69, 9.17) is 48.7 Å². The zero-order chi connectivity index (χ0) is 24.2. The molecule has 6 nitrogen and oxygen atoms in total. The molecule has 0 unspecified atom stereocenters. The molecule has 0 aliphatic carbocycles. The fraction of sp³-hybridized carbons (Fsp3) is 0.130. The van der Waals surface area contributed by atoms with Crippen LogP contribution in [0.4, 0.5) is 8.78 Å². The van der Waals surface area contributed by atoms with Crippen molar-refractivity contribution in [3.8, 4) is 40.2 Å². The van der Waals surface area contributed by atoms with Crippen LogP contribution in [0, 0.1) is 0 Å². The van der Waals surface area contributed by atoms with Crippen molar-refractivity contribution in [2.24, 2.45) is 0 Å². The van der Waals surface area contributed by atoms with Crippen molar-refractivity contribution < 1.29 is 27.4 Å². The van der Waals surface area contributed by atoms with Gasteiger partial charge in [-0.25, -0.2) is 0 Å². The molecular weight excluding hydrogens is 513 g/mol. The molecule has 0 atom stereocenters. The molecule has 34 heavy (non-hydrogen) atoms. The van der Waals surface area contributed by atoms with Crippen molar-refractivity contribution in [1.29, 1.82) is 0 Å². The minimum atomic E-state index is -2.97. The Morgan fingerprint density at radius 1 is 0.882 bits per heavy atom. The number of methoxy groups -OCH3 is 1. The normalized spacial score (nSPS) is 11.0. The largest absolute Gasteiger partial charge is 0.493 e. The van der Waals surface area contributed by atoms with Gasteiger partial charge in [0.05, 0.1) is 17.2 Å². The van der Waals surface area contributed by atoms with Crippen LogP contribution < -0.4 is 14.2 Å². The summed E-state index contributed by atoms with van der Waals surface area (Å²) in [7, 11) is 1.34. The Kier molecular flexibility index (Phi) is 7.41. The molecule has 3 aromatic carbocycles. The summed E-state index contributed by atoms with van der Waals surface area (Å²) in [6.45, 7) is -2.80. The Labute approximate surface area is 207 Å². The maximum atomic E-state index is 12.5. The minimum Gasteiger partial charge on any atom is -0.493 e. The third-order valence-corrected chi connectivity index (χ3v) is 5.35. The van der Waals surface area contributed by atoms with Crippen LogP contribution in [0.25, 0.3) is 22.9 Å². The highest BCUT2D eigenvalue weighted by molar-refractivity contribution is 6.40. The van der Waals surface area contributed by atoms with E-state index in [1.165, 1.54) is 25.3 Å². The third kappa shape index (κ3) is 5.52. The lowest BCUT2D eigenvalue weighted by atomic mass is 10.1.